The fraction of sp³-hybridized carbons (Fsp3) is 0.200. The highest BCUT2D eigenvalue weighted by Gasteiger charge is 2.18. The summed E-state index contributed by atoms with van der Waals surface area (Å²) in [5.74, 6) is -3.76. The SMILES string of the molecule is COC(=O)CNC(=O)c1c(F)cc(Br)cc1F. The van der Waals surface area contributed by atoms with Gasteiger partial charge in [0.05, 0.1) is 7.11 Å². The van der Waals surface area contributed by atoms with Crippen LogP contribution in [0.4, 0.5) is 8.78 Å². The van der Waals surface area contributed by atoms with E-state index in [-0.39, 0.29) is 4.47 Å². The number of rotatable bonds is 3. The largest absolute Gasteiger partial charge is 0.468 e. The van der Waals surface area contributed by atoms with Crippen molar-refractivity contribution in [3.8, 4) is 0 Å². The number of carbonyl (C=O) groups excluding carboxylic acids is 2. The first-order valence-electron chi connectivity index (χ1n) is 4.45. The molecule has 7 heteroatoms. The lowest BCUT2D eigenvalue weighted by Crippen LogP contribution is -2.31. The van der Waals surface area contributed by atoms with Crippen LogP contribution in [0.3, 0.4) is 0 Å². The lowest BCUT2D eigenvalue weighted by Gasteiger charge is -2.06. The number of halogens is 3. The van der Waals surface area contributed by atoms with Crippen molar-refractivity contribution in [2.75, 3.05) is 13.7 Å². The van der Waals surface area contributed by atoms with Crippen molar-refractivity contribution in [3.05, 3.63) is 33.8 Å². The van der Waals surface area contributed by atoms with Crippen LogP contribution in [0, 0.1) is 11.6 Å². The second-order valence-electron chi connectivity index (χ2n) is 3.00. The minimum absolute atomic E-state index is 0.178. The Bertz CT molecular complexity index is 442. The van der Waals surface area contributed by atoms with Crippen LogP contribution in [-0.4, -0.2) is 25.5 Å². The third-order valence-electron chi connectivity index (χ3n) is 1.85. The molecule has 0 aliphatic rings. The van der Waals surface area contributed by atoms with Gasteiger partial charge >= 0.3 is 5.97 Å². The molecule has 1 aromatic rings. The molecule has 0 saturated carbocycles. The fourth-order valence-electron chi connectivity index (χ4n) is 1.07. The molecule has 0 aromatic heterocycles. The van der Waals surface area contributed by atoms with Crippen molar-refractivity contribution >= 4 is 27.8 Å². The van der Waals surface area contributed by atoms with E-state index < -0.39 is 35.6 Å². The Morgan fingerprint density at radius 1 is 1.35 bits per heavy atom. The Balaban J connectivity index is 2.86. The number of carbonyl (C=O) groups is 2. The zero-order chi connectivity index (χ0) is 13.0. The zero-order valence-electron chi connectivity index (χ0n) is 8.72. The van der Waals surface area contributed by atoms with Crippen LogP contribution in [0.5, 0.6) is 0 Å². The first kappa shape index (κ1) is 13.6. The van der Waals surface area contributed by atoms with Crippen LogP contribution in [0.2, 0.25) is 0 Å². The van der Waals surface area contributed by atoms with Crippen LogP contribution < -0.4 is 5.32 Å². The van der Waals surface area contributed by atoms with Gasteiger partial charge in [0.15, 0.2) is 0 Å². The lowest BCUT2D eigenvalue weighted by molar-refractivity contribution is -0.139. The smallest absolute Gasteiger partial charge is 0.325 e. The number of methoxy groups -OCH3 is 1. The second-order valence-corrected chi connectivity index (χ2v) is 3.92. The van der Waals surface area contributed by atoms with Crippen molar-refractivity contribution in [2.45, 2.75) is 0 Å². The summed E-state index contributed by atoms with van der Waals surface area (Å²) < 4.78 is 31.1. The maximum Gasteiger partial charge on any atom is 0.325 e. The van der Waals surface area contributed by atoms with Crippen molar-refractivity contribution in [1.82, 2.24) is 5.32 Å². The topological polar surface area (TPSA) is 55.4 Å². The molecule has 0 aliphatic carbocycles. The molecule has 1 N–H and O–H groups in total. The predicted molar refractivity (Wildman–Crippen MR) is 58.4 cm³/mol. The van der Waals surface area contributed by atoms with E-state index in [2.05, 4.69) is 20.7 Å². The highest BCUT2D eigenvalue weighted by molar-refractivity contribution is 9.10. The molecule has 0 fully saturated rings. The highest BCUT2D eigenvalue weighted by atomic mass is 79.9. The summed E-state index contributed by atoms with van der Waals surface area (Å²) in [6.45, 7) is -0.454. The summed E-state index contributed by atoms with van der Waals surface area (Å²) in [6, 6.07) is 1.91. The highest BCUT2D eigenvalue weighted by Crippen LogP contribution is 2.19. The molecule has 1 aromatic carbocycles. The molecule has 92 valence electrons. The summed E-state index contributed by atoms with van der Waals surface area (Å²) in [7, 11) is 1.13. The number of nitrogens with one attached hydrogen (secondary N) is 1. The second kappa shape index (κ2) is 5.72. The Morgan fingerprint density at radius 3 is 2.35 bits per heavy atom. The van der Waals surface area contributed by atoms with Crippen LogP contribution >= 0.6 is 15.9 Å². The van der Waals surface area contributed by atoms with Gasteiger partial charge in [-0.2, -0.15) is 0 Å². The molecular formula is C10H8BrF2NO3. The maximum absolute atomic E-state index is 13.3. The lowest BCUT2D eigenvalue weighted by atomic mass is 10.2. The molecule has 0 radical (unpaired) electrons. The summed E-state index contributed by atoms with van der Waals surface area (Å²) >= 11 is 2.88. The van der Waals surface area contributed by atoms with Gasteiger partial charge in [0.1, 0.15) is 23.7 Å². The van der Waals surface area contributed by atoms with Gasteiger partial charge in [-0.05, 0) is 12.1 Å². The van der Waals surface area contributed by atoms with E-state index in [1.54, 1.807) is 0 Å². The van der Waals surface area contributed by atoms with Crippen LogP contribution in [-0.2, 0) is 9.53 Å². The molecule has 0 aliphatic heterocycles. The Morgan fingerprint density at radius 2 is 1.88 bits per heavy atom. The Labute approximate surface area is 104 Å². The van der Waals surface area contributed by atoms with Gasteiger partial charge in [0.2, 0.25) is 0 Å². The first-order valence-corrected chi connectivity index (χ1v) is 5.24. The molecule has 0 bridgehead atoms. The van der Waals surface area contributed by atoms with Crippen molar-refractivity contribution in [1.29, 1.82) is 0 Å². The third-order valence-corrected chi connectivity index (χ3v) is 2.31. The van der Waals surface area contributed by atoms with E-state index in [0.29, 0.717) is 0 Å². The molecule has 1 rings (SSSR count). The standard InChI is InChI=1S/C10H8BrF2NO3/c1-17-8(15)4-14-10(16)9-6(12)2-5(11)3-7(9)13/h2-3H,4H2,1H3,(H,14,16). The normalized spacial score (nSPS) is 9.88. The van der Waals surface area contributed by atoms with Crippen molar-refractivity contribution in [2.24, 2.45) is 0 Å². The number of ether oxygens (including phenoxy) is 1. The van der Waals surface area contributed by atoms with Crippen LogP contribution in [0.15, 0.2) is 16.6 Å². The van der Waals surface area contributed by atoms with Gasteiger partial charge in [-0.15, -0.1) is 0 Å². The molecule has 0 spiro atoms. The van der Waals surface area contributed by atoms with Gasteiger partial charge in [0, 0.05) is 4.47 Å². The molecule has 0 heterocycles. The van der Waals surface area contributed by atoms with Crippen molar-refractivity contribution < 1.29 is 23.1 Å². The summed E-state index contributed by atoms with van der Waals surface area (Å²) in [4.78, 5) is 22.1. The monoisotopic (exact) mass is 307 g/mol. The van der Waals surface area contributed by atoms with Crippen molar-refractivity contribution in [3.63, 3.8) is 0 Å². The third kappa shape index (κ3) is 3.48. The summed E-state index contributed by atoms with van der Waals surface area (Å²) in [6.07, 6.45) is 0. The van der Waals surface area contributed by atoms with Crippen LogP contribution in [0.1, 0.15) is 10.4 Å². The Hall–Kier alpha value is -1.50. The zero-order valence-corrected chi connectivity index (χ0v) is 10.3. The van der Waals surface area contributed by atoms with E-state index in [1.807, 2.05) is 5.32 Å². The number of amides is 1. The number of esters is 1. The van der Waals surface area contributed by atoms with Gasteiger partial charge in [-0.25, -0.2) is 8.78 Å². The number of hydrogen-bond acceptors (Lipinski definition) is 3. The first-order chi connectivity index (χ1) is 7.95. The van der Waals surface area contributed by atoms with E-state index >= 15 is 0 Å². The fourth-order valence-corrected chi connectivity index (χ4v) is 1.47. The van der Waals surface area contributed by atoms with Gasteiger partial charge in [-0.1, -0.05) is 15.9 Å². The summed E-state index contributed by atoms with van der Waals surface area (Å²) in [5.41, 5.74) is -0.739. The number of benzene rings is 1. The molecule has 0 unspecified atom stereocenters. The van der Waals surface area contributed by atoms with E-state index in [4.69, 9.17) is 0 Å². The minimum Gasteiger partial charge on any atom is -0.468 e. The van der Waals surface area contributed by atoms with Crippen LogP contribution in [0.25, 0.3) is 0 Å². The van der Waals surface area contributed by atoms with E-state index in [9.17, 15) is 18.4 Å². The van der Waals surface area contributed by atoms with E-state index in [1.165, 1.54) is 0 Å². The average molecular weight is 308 g/mol. The summed E-state index contributed by atoms with van der Waals surface area (Å²) in [5, 5.41) is 2.04. The quantitative estimate of drug-likeness (QED) is 0.864. The molecule has 0 atom stereocenters. The van der Waals surface area contributed by atoms with Gasteiger partial charge in [0.25, 0.3) is 5.91 Å². The van der Waals surface area contributed by atoms with Gasteiger partial charge in [-0.3, -0.25) is 9.59 Å². The molecule has 4 nitrogen and oxygen atoms in total. The molecule has 1 amide bonds. The molecule has 17 heavy (non-hydrogen) atoms. The van der Waals surface area contributed by atoms with E-state index in [0.717, 1.165) is 19.2 Å². The predicted octanol–water partition coefficient (Wildman–Crippen LogP) is 1.63. The minimum atomic E-state index is -1.02. The molecule has 0 saturated heterocycles. The average Bonchev–Trinajstić information content (AvgIpc) is 2.24. The van der Waals surface area contributed by atoms with Gasteiger partial charge < -0.3 is 10.1 Å². The maximum atomic E-state index is 13.3. The number of hydrogen-bond donors (Lipinski definition) is 1. The molecular weight excluding hydrogens is 300 g/mol. The Kier molecular flexibility index (Phi) is 4.56.